The molecule has 0 radical (unpaired) electrons. The number of carbonyl (C=O) groups excluding carboxylic acids is 1. The number of nitrogens with zero attached hydrogens (tertiary/aromatic N) is 3. The predicted octanol–water partition coefficient (Wildman–Crippen LogP) is 5.06. The van der Waals surface area contributed by atoms with Crippen molar-refractivity contribution in [2.75, 3.05) is 45.2 Å². The third-order valence-electron chi connectivity index (χ3n) is 6.19. The highest BCUT2D eigenvalue weighted by atomic mass is 19.4. The fourth-order valence-electron chi connectivity index (χ4n) is 4.47. The van der Waals surface area contributed by atoms with E-state index in [1.807, 2.05) is 0 Å². The number of benzene rings is 1. The lowest BCUT2D eigenvalue weighted by Crippen LogP contribution is -2.39. The molecule has 1 atom stereocenters. The molecule has 2 heterocycles. The first kappa shape index (κ1) is 26.8. The zero-order chi connectivity index (χ0) is 25.8. The Morgan fingerprint density at radius 2 is 1.77 bits per heavy atom. The Kier molecular flexibility index (Phi) is 8.63. The van der Waals surface area contributed by atoms with Crippen LogP contribution < -0.4 is 9.64 Å². The molecule has 11 heteroatoms. The summed E-state index contributed by atoms with van der Waals surface area (Å²) in [6.07, 6.45) is -3.06. The lowest BCUT2D eigenvalue weighted by Gasteiger charge is -2.32. The minimum absolute atomic E-state index is 0.0105. The molecule has 1 aliphatic rings. The van der Waals surface area contributed by atoms with Crippen LogP contribution in [0.2, 0.25) is 0 Å². The predicted molar refractivity (Wildman–Crippen MR) is 118 cm³/mol. The summed E-state index contributed by atoms with van der Waals surface area (Å²) in [5.41, 5.74) is 0.229. The first-order valence-corrected chi connectivity index (χ1v) is 11.2. The van der Waals surface area contributed by atoms with Crippen LogP contribution in [0.4, 0.5) is 32.2 Å². The van der Waals surface area contributed by atoms with Crippen LogP contribution in [0.5, 0.6) is 5.75 Å². The second-order valence-corrected chi connectivity index (χ2v) is 8.69. The summed E-state index contributed by atoms with van der Waals surface area (Å²) < 4.78 is 86.7. The summed E-state index contributed by atoms with van der Waals surface area (Å²) in [4.78, 5) is 18.3. The smallest absolute Gasteiger partial charge is 0.401 e. The zero-order valence-corrected chi connectivity index (χ0v) is 19.4. The van der Waals surface area contributed by atoms with Gasteiger partial charge in [-0.3, -0.25) is 4.90 Å². The molecule has 0 saturated carbocycles. The Balaban J connectivity index is 1.77. The van der Waals surface area contributed by atoms with Crippen LogP contribution in [0.25, 0.3) is 0 Å². The van der Waals surface area contributed by atoms with Crippen molar-refractivity contribution in [3.63, 3.8) is 0 Å². The molecule has 0 bridgehead atoms. The fraction of sp³-hybridized carbons (Fsp3) is 0.500. The van der Waals surface area contributed by atoms with Crippen LogP contribution in [0, 0.1) is 17.5 Å². The van der Waals surface area contributed by atoms with Gasteiger partial charge in [-0.2, -0.15) is 13.2 Å². The third kappa shape index (κ3) is 6.87. The first-order valence-electron chi connectivity index (χ1n) is 11.2. The molecule has 35 heavy (non-hydrogen) atoms. The van der Waals surface area contributed by atoms with Crippen molar-refractivity contribution in [3.05, 3.63) is 53.0 Å². The van der Waals surface area contributed by atoms with E-state index in [1.54, 1.807) is 0 Å². The van der Waals surface area contributed by atoms with Gasteiger partial charge in [0.1, 0.15) is 23.7 Å². The number of anilines is 1. The van der Waals surface area contributed by atoms with Gasteiger partial charge in [-0.15, -0.1) is 0 Å². The van der Waals surface area contributed by atoms with Crippen molar-refractivity contribution in [3.8, 4) is 5.75 Å². The molecular weight excluding hydrogens is 476 g/mol. The van der Waals surface area contributed by atoms with Crippen molar-refractivity contribution in [2.45, 2.75) is 37.3 Å². The molecule has 192 valence electrons. The van der Waals surface area contributed by atoms with E-state index in [0.717, 1.165) is 12.1 Å². The number of likely N-dealkylation sites (tertiary alicyclic amines) is 1. The first-order chi connectivity index (χ1) is 16.5. The van der Waals surface area contributed by atoms with Gasteiger partial charge in [0, 0.05) is 55.2 Å². The van der Waals surface area contributed by atoms with Gasteiger partial charge >= 0.3 is 6.18 Å². The molecule has 0 amide bonds. The number of hydrogen-bond acceptors (Lipinski definition) is 5. The lowest BCUT2D eigenvalue weighted by atomic mass is 9.92. The van der Waals surface area contributed by atoms with Crippen LogP contribution in [0.1, 0.15) is 42.4 Å². The number of ether oxygens (including phenoxy) is 1. The van der Waals surface area contributed by atoms with E-state index in [4.69, 9.17) is 4.74 Å². The zero-order valence-electron chi connectivity index (χ0n) is 19.4. The maximum absolute atomic E-state index is 14.7. The Morgan fingerprint density at radius 1 is 1.14 bits per heavy atom. The summed E-state index contributed by atoms with van der Waals surface area (Å²) in [6.45, 7) is -0.588. The Morgan fingerprint density at radius 3 is 2.31 bits per heavy atom. The number of halogens is 6. The van der Waals surface area contributed by atoms with E-state index >= 15 is 0 Å². The number of piperidine rings is 1. The second-order valence-electron chi connectivity index (χ2n) is 8.69. The topological polar surface area (TPSA) is 45.7 Å². The van der Waals surface area contributed by atoms with E-state index in [0.29, 0.717) is 24.8 Å². The van der Waals surface area contributed by atoms with Gasteiger partial charge < -0.3 is 14.4 Å². The van der Waals surface area contributed by atoms with E-state index < -0.39 is 36.1 Å². The normalized spacial score (nSPS) is 16.2. The lowest BCUT2D eigenvalue weighted by molar-refractivity contribution is -0.148. The largest absolute Gasteiger partial charge is 0.497 e. The van der Waals surface area contributed by atoms with E-state index in [-0.39, 0.29) is 49.1 Å². The molecule has 1 unspecified atom stereocenters. The molecule has 1 aromatic heterocycles. The second kappa shape index (κ2) is 11.3. The van der Waals surface area contributed by atoms with E-state index in [9.17, 15) is 31.1 Å². The Hall–Kier alpha value is -2.82. The summed E-state index contributed by atoms with van der Waals surface area (Å²) in [5, 5.41) is 0. The number of rotatable bonds is 9. The summed E-state index contributed by atoms with van der Waals surface area (Å²) >= 11 is 0. The fourth-order valence-corrected chi connectivity index (χ4v) is 4.47. The summed E-state index contributed by atoms with van der Waals surface area (Å²) in [6, 6.07) is 4.75. The Bertz CT molecular complexity index is 1000. The van der Waals surface area contributed by atoms with Gasteiger partial charge in [0.25, 0.3) is 0 Å². The monoisotopic (exact) mass is 503 g/mol. The van der Waals surface area contributed by atoms with Gasteiger partial charge in [0.15, 0.2) is 11.6 Å². The minimum atomic E-state index is -4.27. The number of carbonyl (C=O) groups is 1. The molecular formula is C24H27F6N3O2. The molecule has 1 aromatic carbocycles. The average Bonchev–Trinajstić information content (AvgIpc) is 2.78. The van der Waals surface area contributed by atoms with Gasteiger partial charge in [0.2, 0.25) is 0 Å². The third-order valence-corrected chi connectivity index (χ3v) is 6.19. The molecule has 1 fully saturated rings. The van der Waals surface area contributed by atoms with Crippen molar-refractivity contribution >= 4 is 12.1 Å². The minimum Gasteiger partial charge on any atom is -0.497 e. The van der Waals surface area contributed by atoms with E-state index in [1.165, 1.54) is 36.1 Å². The molecule has 3 rings (SSSR count). The molecule has 1 saturated heterocycles. The number of hydrogen-bond donors (Lipinski definition) is 0. The van der Waals surface area contributed by atoms with Crippen molar-refractivity contribution in [2.24, 2.45) is 0 Å². The maximum Gasteiger partial charge on any atom is 0.401 e. The number of likely N-dealkylation sites (N-methyl/N-ethyl adjacent to an activating group) is 1. The highest BCUT2D eigenvalue weighted by molar-refractivity contribution is 5.53. The molecule has 2 aromatic rings. The van der Waals surface area contributed by atoms with Gasteiger partial charge in [-0.05, 0) is 38.1 Å². The van der Waals surface area contributed by atoms with Crippen molar-refractivity contribution < 1.29 is 35.9 Å². The van der Waals surface area contributed by atoms with Gasteiger partial charge in [-0.1, -0.05) is 0 Å². The molecule has 0 aliphatic carbocycles. The number of methoxy groups -OCH3 is 1. The standard InChI is InChI=1S/C24H27F6N3O2/c1-32(13-16(7-10-34)22-19(26)11-17(35-2)12-20(22)27)23-18(25)3-4-21(31-23)15-5-8-33(9-6-15)14-24(28,29)30/h3-4,10-12,15-16H,5-9,13-14H2,1-2H3. The Labute approximate surface area is 199 Å². The molecule has 1 aliphatic heterocycles. The van der Waals surface area contributed by atoms with E-state index in [2.05, 4.69) is 4.98 Å². The van der Waals surface area contributed by atoms with Crippen LogP contribution in [0.15, 0.2) is 24.3 Å². The van der Waals surface area contributed by atoms with Crippen LogP contribution in [0.3, 0.4) is 0 Å². The van der Waals surface area contributed by atoms with Crippen molar-refractivity contribution in [1.29, 1.82) is 0 Å². The SMILES string of the molecule is COc1cc(F)c(C(CC=O)CN(C)c2nc(C3CCN(CC(F)(F)F)CC3)ccc2F)c(F)c1. The highest BCUT2D eigenvalue weighted by Gasteiger charge is 2.33. The number of pyridine rings is 1. The maximum atomic E-state index is 14.7. The van der Waals surface area contributed by atoms with Crippen LogP contribution in [-0.2, 0) is 4.79 Å². The van der Waals surface area contributed by atoms with Crippen LogP contribution >= 0.6 is 0 Å². The summed E-state index contributed by atoms with van der Waals surface area (Å²) in [7, 11) is 2.77. The number of aromatic nitrogens is 1. The summed E-state index contributed by atoms with van der Waals surface area (Å²) in [5.74, 6) is -3.56. The molecule has 0 spiro atoms. The van der Waals surface area contributed by atoms with Gasteiger partial charge in [-0.25, -0.2) is 18.2 Å². The van der Waals surface area contributed by atoms with Crippen LogP contribution in [-0.4, -0.2) is 62.7 Å². The highest BCUT2D eigenvalue weighted by Crippen LogP contribution is 2.33. The van der Waals surface area contributed by atoms with Gasteiger partial charge in [0.05, 0.1) is 13.7 Å². The number of alkyl halides is 3. The van der Waals surface area contributed by atoms with Crippen molar-refractivity contribution in [1.82, 2.24) is 9.88 Å². The molecule has 0 N–H and O–H groups in total. The average molecular weight is 503 g/mol. The quantitative estimate of drug-likeness (QED) is 0.354. The molecule has 5 nitrogen and oxygen atoms in total. The number of aldehydes is 1.